The molecule has 0 radical (unpaired) electrons. The molecule has 1 amide bonds. The molecule has 0 unspecified atom stereocenters. The van der Waals surface area contributed by atoms with Crippen molar-refractivity contribution in [3.63, 3.8) is 0 Å². The zero-order valence-corrected chi connectivity index (χ0v) is 26.5. The van der Waals surface area contributed by atoms with Crippen molar-refractivity contribution in [2.24, 2.45) is 0 Å². The molecule has 2 N–H and O–H groups in total. The first kappa shape index (κ1) is 29.6. The van der Waals surface area contributed by atoms with Crippen molar-refractivity contribution in [1.82, 2.24) is 14.9 Å². The number of rotatable bonds is 5. The number of amides is 1. The average molecular weight is 640 g/mol. The van der Waals surface area contributed by atoms with Gasteiger partial charge in [0.05, 0.1) is 35.1 Å². The van der Waals surface area contributed by atoms with Crippen molar-refractivity contribution in [2.45, 2.75) is 94.9 Å². The Balaban J connectivity index is 1.30. The Bertz CT molecular complexity index is 1790. The molecule has 232 valence electrons. The maximum atomic E-state index is 15.2. The number of aliphatic hydroxyl groups is 1. The molecule has 1 fully saturated rings. The number of cyclic esters (lactones) is 1. The molecule has 2 atom stereocenters. The van der Waals surface area contributed by atoms with E-state index in [1.165, 1.54) is 6.07 Å². The van der Waals surface area contributed by atoms with E-state index in [1.54, 1.807) is 35.3 Å². The lowest BCUT2D eigenvalue weighted by Gasteiger charge is -2.31. The van der Waals surface area contributed by atoms with Crippen LogP contribution in [0.5, 0.6) is 0 Å². The number of alkyl carbamates (subject to hydrolysis) is 1. The molecule has 2 aromatic heterocycles. The second-order valence-corrected chi connectivity index (χ2v) is 14.9. The van der Waals surface area contributed by atoms with Gasteiger partial charge < -0.3 is 24.5 Å². The van der Waals surface area contributed by atoms with Gasteiger partial charge >= 0.3 is 12.1 Å². The van der Waals surface area contributed by atoms with Crippen LogP contribution in [0.4, 0.5) is 9.18 Å². The van der Waals surface area contributed by atoms with Gasteiger partial charge in [0.1, 0.15) is 18.5 Å². The molecule has 4 heterocycles. The molecule has 44 heavy (non-hydrogen) atoms. The molecule has 0 spiro atoms. The summed E-state index contributed by atoms with van der Waals surface area (Å²) in [5.74, 6) is -1.16. The maximum Gasteiger partial charge on any atom is 0.407 e. The van der Waals surface area contributed by atoms with Gasteiger partial charge in [-0.15, -0.1) is 0 Å². The quantitative estimate of drug-likeness (QED) is 0.214. The third-order valence-electron chi connectivity index (χ3n) is 9.80. The zero-order chi connectivity index (χ0) is 30.9. The highest BCUT2D eigenvalue weighted by molar-refractivity contribution is 8.76. The topological polar surface area (TPSA) is 120 Å². The predicted octanol–water partition coefficient (Wildman–Crippen LogP) is 5.56. The van der Waals surface area contributed by atoms with Gasteiger partial charge in [0.15, 0.2) is 5.60 Å². The van der Waals surface area contributed by atoms with Gasteiger partial charge in [-0.1, -0.05) is 28.5 Å². The number of aromatic nitrogens is 2. The van der Waals surface area contributed by atoms with E-state index in [4.69, 9.17) is 14.5 Å². The van der Waals surface area contributed by atoms with E-state index in [1.807, 2.05) is 10.8 Å². The molecule has 9 nitrogen and oxygen atoms in total. The monoisotopic (exact) mass is 639 g/mol. The molecule has 0 bridgehead atoms. The molecule has 1 saturated carbocycles. The first-order valence-corrected chi connectivity index (χ1v) is 17.7. The second-order valence-electron chi connectivity index (χ2n) is 12.1. The molecule has 12 heteroatoms. The van der Waals surface area contributed by atoms with Gasteiger partial charge in [-0.05, 0) is 80.9 Å². The van der Waals surface area contributed by atoms with Crippen molar-refractivity contribution < 1.29 is 28.6 Å². The smallest absolute Gasteiger partial charge is 0.407 e. The Morgan fingerprint density at radius 2 is 1.98 bits per heavy atom. The van der Waals surface area contributed by atoms with Crippen molar-refractivity contribution >= 4 is 44.6 Å². The van der Waals surface area contributed by atoms with Crippen LogP contribution in [0.2, 0.25) is 0 Å². The van der Waals surface area contributed by atoms with E-state index in [9.17, 15) is 19.5 Å². The number of carbonyl (C=O) groups excluding carboxylic acids is 2. The summed E-state index contributed by atoms with van der Waals surface area (Å²) in [5.41, 5.74) is 2.45. The Morgan fingerprint density at radius 1 is 1.20 bits per heavy atom. The van der Waals surface area contributed by atoms with Crippen LogP contribution in [-0.2, 0) is 39.4 Å². The number of nitrogens with zero attached hydrogens (tertiary/aromatic N) is 2. The summed E-state index contributed by atoms with van der Waals surface area (Å²) in [5, 5.41) is 15.7. The second kappa shape index (κ2) is 11.1. The normalized spacial score (nSPS) is 25.2. The van der Waals surface area contributed by atoms with Crippen molar-refractivity contribution in [3.05, 3.63) is 61.7 Å². The number of nitrogens with one attached hydrogen (secondary N) is 1. The largest absolute Gasteiger partial charge is 0.458 e. The highest BCUT2D eigenvalue weighted by Gasteiger charge is 2.46. The summed E-state index contributed by atoms with van der Waals surface area (Å²) >= 11 is 0. The Hall–Kier alpha value is -3.09. The van der Waals surface area contributed by atoms with Crippen LogP contribution < -0.4 is 10.9 Å². The summed E-state index contributed by atoms with van der Waals surface area (Å²) in [6.45, 7) is 3.37. The minimum atomic E-state index is -1.95. The maximum absolute atomic E-state index is 15.2. The van der Waals surface area contributed by atoms with E-state index in [0.717, 1.165) is 47.8 Å². The van der Waals surface area contributed by atoms with Crippen LogP contribution in [0.1, 0.15) is 84.9 Å². The third kappa shape index (κ3) is 4.55. The van der Waals surface area contributed by atoms with Gasteiger partial charge in [-0.2, -0.15) is 0 Å². The summed E-state index contributed by atoms with van der Waals surface area (Å²) in [6.07, 6.45) is 6.24. The van der Waals surface area contributed by atoms with Crippen LogP contribution in [0.3, 0.4) is 0 Å². The number of benzene rings is 1. The summed E-state index contributed by atoms with van der Waals surface area (Å²) in [4.78, 5) is 44.5. The molecule has 2 aliphatic carbocycles. The number of hydrogen-bond acceptors (Lipinski definition) is 9. The lowest BCUT2D eigenvalue weighted by atomic mass is 9.81. The summed E-state index contributed by atoms with van der Waals surface area (Å²) < 4.78 is 27.8. The number of fused-ring (bicyclic) bond motifs is 5. The van der Waals surface area contributed by atoms with Crippen LogP contribution in [-0.4, -0.2) is 44.3 Å². The summed E-state index contributed by atoms with van der Waals surface area (Å²) in [6, 6.07) is 2.62. The third-order valence-corrected chi connectivity index (χ3v) is 12.1. The fraction of sp³-hybridized carbons (Fsp3) is 0.500. The Labute approximate surface area is 261 Å². The molecule has 4 aliphatic rings. The van der Waals surface area contributed by atoms with E-state index in [0.29, 0.717) is 40.6 Å². The molecule has 1 aromatic carbocycles. The van der Waals surface area contributed by atoms with Crippen LogP contribution in [0.15, 0.2) is 16.9 Å². The van der Waals surface area contributed by atoms with Crippen LogP contribution in [0.25, 0.3) is 22.3 Å². The first-order chi connectivity index (χ1) is 21.1. The highest BCUT2D eigenvalue weighted by Crippen LogP contribution is 2.46. The van der Waals surface area contributed by atoms with Gasteiger partial charge in [0, 0.05) is 27.8 Å². The van der Waals surface area contributed by atoms with E-state index < -0.39 is 23.7 Å². The van der Waals surface area contributed by atoms with Gasteiger partial charge in [-0.3, -0.25) is 4.79 Å². The Kier molecular flexibility index (Phi) is 7.44. The predicted molar refractivity (Wildman–Crippen MR) is 167 cm³/mol. The van der Waals surface area contributed by atoms with E-state index in [-0.39, 0.29) is 48.2 Å². The average Bonchev–Trinajstić information content (AvgIpc) is 3.38. The lowest BCUT2D eigenvalue weighted by molar-refractivity contribution is -0.172. The van der Waals surface area contributed by atoms with E-state index in [2.05, 4.69) is 11.6 Å². The van der Waals surface area contributed by atoms with Crippen LogP contribution in [0, 0.1) is 12.7 Å². The number of pyridine rings is 2. The summed E-state index contributed by atoms with van der Waals surface area (Å²) in [7, 11) is 3.64. The fourth-order valence-corrected chi connectivity index (χ4v) is 9.54. The van der Waals surface area contributed by atoms with Crippen molar-refractivity contribution in [3.8, 4) is 11.4 Å². The van der Waals surface area contributed by atoms with E-state index >= 15 is 4.39 Å². The lowest BCUT2D eigenvalue weighted by Crippen LogP contribution is -2.44. The number of ether oxygens (including phenoxy) is 2. The Morgan fingerprint density at radius 3 is 2.70 bits per heavy atom. The zero-order valence-electron chi connectivity index (χ0n) is 24.8. The number of halogens is 1. The SMILES string of the molecule is CC[C@@]1(O)C(=O)OCc2c1cc1n(c2=O)Cc2c-1nc1cc(F)c(C)c3c1c2[C@@H](NC(=O)OC1CCC(SSC)CC1)CC3. The van der Waals surface area contributed by atoms with Gasteiger partial charge in [-0.25, -0.2) is 19.0 Å². The van der Waals surface area contributed by atoms with Crippen molar-refractivity contribution in [1.29, 1.82) is 0 Å². The molecule has 0 saturated heterocycles. The fourth-order valence-electron chi connectivity index (χ4n) is 7.41. The van der Waals surface area contributed by atoms with Gasteiger partial charge in [0.2, 0.25) is 0 Å². The molecule has 2 aliphatic heterocycles. The molecular formula is C32H34FN3O6S2. The number of carbonyl (C=O) groups is 2. The standard InChI is InChI=1S/C32H34FN3O6S2/c1-4-32(40)21-11-25-28-19(13-36(25)29(37)20(21)14-41-30(32)38)27-23(10-9-18-15(2)22(33)12-24(34-28)26(18)27)35-31(39)42-16-5-7-17(8-6-16)44-43-3/h11-12,16-17,23,40H,4-10,13-14H2,1-3H3,(H,35,39)/t16?,17?,23-,32-/m0/s1. The molecule has 3 aromatic rings. The molecular weight excluding hydrogens is 605 g/mol. The van der Waals surface area contributed by atoms with Gasteiger partial charge in [0.25, 0.3) is 5.56 Å². The number of aryl methyl sites for hydroxylation is 1. The van der Waals surface area contributed by atoms with Crippen LogP contribution >= 0.6 is 21.6 Å². The highest BCUT2D eigenvalue weighted by atomic mass is 33.1. The first-order valence-electron chi connectivity index (χ1n) is 15.1. The van der Waals surface area contributed by atoms with Crippen molar-refractivity contribution in [2.75, 3.05) is 6.26 Å². The number of esters is 1. The molecule has 7 rings (SSSR count). The minimum Gasteiger partial charge on any atom is -0.458 e. The minimum absolute atomic E-state index is 0.0327. The number of hydrogen-bond donors (Lipinski definition) is 2.